The second-order valence-electron chi connectivity index (χ2n) is 7.86. The molecule has 0 amide bonds. The molecule has 1 rings (SSSR count). The van der Waals surface area contributed by atoms with Crippen LogP contribution in [0.15, 0.2) is 30.3 Å². The molecule has 0 N–H and O–H groups in total. The first-order valence-electron chi connectivity index (χ1n) is 8.61. The summed E-state index contributed by atoms with van der Waals surface area (Å²) in [6, 6.07) is 9.87. The Bertz CT molecular complexity index is 454. The molecule has 0 saturated carbocycles. The summed E-state index contributed by atoms with van der Waals surface area (Å²) < 4.78 is 18.4. The van der Waals surface area contributed by atoms with Crippen molar-refractivity contribution in [2.45, 2.75) is 60.7 Å². The van der Waals surface area contributed by atoms with Crippen molar-refractivity contribution in [1.82, 2.24) is 0 Å². The van der Waals surface area contributed by atoms with E-state index in [-0.39, 0.29) is 40.4 Å². The van der Waals surface area contributed by atoms with E-state index < -0.39 is 5.79 Å². The van der Waals surface area contributed by atoms with Crippen molar-refractivity contribution in [2.75, 3.05) is 19.8 Å². The molecule has 0 aliphatic heterocycles. The van der Waals surface area contributed by atoms with Crippen LogP contribution in [-0.2, 0) is 9.47 Å². The molecule has 0 aliphatic rings. The van der Waals surface area contributed by atoms with Crippen LogP contribution in [0, 0.1) is 10.8 Å². The van der Waals surface area contributed by atoms with Gasteiger partial charge in [-0.3, -0.25) is 0 Å². The Morgan fingerprint density at radius 3 is 1.92 bits per heavy atom. The van der Waals surface area contributed by atoms with Crippen LogP contribution in [0.25, 0.3) is 0 Å². The van der Waals surface area contributed by atoms with Crippen molar-refractivity contribution in [3.8, 4) is 5.75 Å². The zero-order valence-corrected chi connectivity index (χ0v) is 18.9. The van der Waals surface area contributed by atoms with E-state index in [1.54, 1.807) is 0 Å². The van der Waals surface area contributed by atoms with Crippen molar-refractivity contribution in [3.63, 3.8) is 0 Å². The zero-order valence-electron chi connectivity index (χ0n) is 16.9. The minimum absolute atomic E-state index is 0. The number of para-hydroxylation sites is 1. The first-order valence-corrected chi connectivity index (χ1v) is 8.61. The molecule has 132 valence electrons. The van der Waals surface area contributed by atoms with Gasteiger partial charge in [-0.25, -0.2) is 0 Å². The molecule has 0 radical (unpaired) electrons. The van der Waals surface area contributed by atoms with Gasteiger partial charge in [-0.2, -0.15) is 0 Å². The van der Waals surface area contributed by atoms with E-state index in [1.165, 1.54) is 0 Å². The standard InChI is InChI=1S/C20H34O3.Na/c1-8-21-16-20(22-9-2,19(6,7)15-18(3,4)5)23-17-13-11-10-12-14-17;/h10-14H,8-9,15-16H2,1-7H3;/q;+1. The van der Waals surface area contributed by atoms with Gasteiger partial charge in [0.05, 0.1) is 0 Å². The van der Waals surface area contributed by atoms with Gasteiger partial charge in [0.1, 0.15) is 12.4 Å². The predicted molar refractivity (Wildman–Crippen MR) is 95.8 cm³/mol. The third-order valence-electron chi connectivity index (χ3n) is 3.90. The Morgan fingerprint density at radius 1 is 0.875 bits per heavy atom. The average molecular weight is 345 g/mol. The molecule has 0 aromatic heterocycles. The fourth-order valence-corrected chi connectivity index (χ4v) is 3.24. The second kappa shape index (κ2) is 10.2. The van der Waals surface area contributed by atoms with Crippen LogP contribution in [-0.4, -0.2) is 25.6 Å². The number of hydrogen-bond acceptors (Lipinski definition) is 3. The molecule has 1 aromatic rings. The van der Waals surface area contributed by atoms with E-state index in [9.17, 15) is 0 Å². The van der Waals surface area contributed by atoms with Gasteiger partial charge in [-0.1, -0.05) is 52.8 Å². The molecule has 3 nitrogen and oxygen atoms in total. The Morgan fingerprint density at radius 2 is 1.46 bits per heavy atom. The molecular formula is C20H34NaO3+. The van der Waals surface area contributed by atoms with Gasteiger partial charge < -0.3 is 14.2 Å². The van der Waals surface area contributed by atoms with Crippen LogP contribution in [0.1, 0.15) is 54.9 Å². The molecule has 0 heterocycles. The third-order valence-corrected chi connectivity index (χ3v) is 3.90. The van der Waals surface area contributed by atoms with E-state index in [2.05, 4.69) is 34.6 Å². The summed E-state index contributed by atoms with van der Waals surface area (Å²) in [5, 5.41) is 0. The minimum atomic E-state index is -0.813. The minimum Gasteiger partial charge on any atom is -0.459 e. The molecule has 1 unspecified atom stereocenters. The summed E-state index contributed by atoms with van der Waals surface area (Å²) in [5.41, 5.74) is -0.0512. The molecule has 24 heavy (non-hydrogen) atoms. The third kappa shape index (κ3) is 7.05. The molecule has 0 bridgehead atoms. The quantitative estimate of drug-likeness (QED) is 0.508. The van der Waals surface area contributed by atoms with Gasteiger partial charge in [-0.15, -0.1) is 0 Å². The summed E-state index contributed by atoms with van der Waals surface area (Å²) in [6.07, 6.45) is 0.958. The molecule has 4 heteroatoms. The SMILES string of the molecule is CCOCC(OCC)(Oc1ccccc1)C(C)(C)CC(C)(C)C.[Na+]. The number of rotatable bonds is 9. The Labute approximate surface area is 170 Å². The Hall–Kier alpha value is -0.0600. The molecule has 0 saturated heterocycles. The smallest absolute Gasteiger partial charge is 0.459 e. The average Bonchev–Trinajstić information content (AvgIpc) is 2.43. The molecule has 0 spiro atoms. The summed E-state index contributed by atoms with van der Waals surface area (Å²) in [5.74, 6) is -0.00510. The molecule has 0 aliphatic carbocycles. The normalized spacial score (nSPS) is 14.6. The maximum atomic E-state index is 6.41. The summed E-state index contributed by atoms with van der Waals surface area (Å²) in [4.78, 5) is 0. The predicted octanol–water partition coefficient (Wildman–Crippen LogP) is 2.30. The van der Waals surface area contributed by atoms with Crippen LogP contribution in [0.5, 0.6) is 5.75 Å². The van der Waals surface area contributed by atoms with Crippen molar-refractivity contribution in [1.29, 1.82) is 0 Å². The number of benzene rings is 1. The summed E-state index contributed by atoms with van der Waals surface area (Å²) >= 11 is 0. The van der Waals surface area contributed by atoms with Crippen LogP contribution in [0.2, 0.25) is 0 Å². The second-order valence-corrected chi connectivity index (χ2v) is 7.86. The molecule has 1 atom stereocenters. The van der Waals surface area contributed by atoms with Crippen molar-refractivity contribution in [2.24, 2.45) is 10.8 Å². The molecular weight excluding hydrogens is 311 g/mol. The van der Waals surface area contributed by atoms with Crippen molar-refractivity contribution >= 4 is 0 Å². The summed E-state index contributed by atoms with van der Waals surface area (Å²) in [6.45, 7) is 16.8. The maximum absolute atomic E-state index is 6.41. The monoisotopic (exact) mass is 345 g/mol. The number of hydrogen-bond donors (Lipinski definition) is 0. The van der Waals surface area contributed by atoms with E-state index >= 15 is 0 Å². The first-order chi connectivity index (χ1) is 10.7. The van der Waals surface area contributed by atoms with Gasteiger partial charge in [0, 0.05) is 18.6 Å². The van der Waals surface area contributed by atoms with Crippen molar-refractivity contribution < 1.29 is 43.8 Å². The molecule has 0 fully saturated rings. The maximum Gasteiger partial charge on any atom is 1.00 e. The van der Waals surface area contributed by atoms with E-state index in [0.29, 0.717) is 19.8 Å². The fraction of sp³-hybridized carbons (Fsp3) is 0.700. The van der Waals surface area contributed by atoms with Crippen LogP contribution < -0.4 is 34.3 Å². The largest absolute Gasteiger partial charge is 1.00 e. The Balaban J connectivity index is 0.00000529. The Kier molecular flexibility index (Phi) is 10.2. The number of ether oxygens (including phenoxy) is 3. The zero-order chi connectivity index (χ0) is 17.6. The van der Waals surface area contributed by atoms with E-state index in [0.717, 1.165) is 12.2 Å². The van der Waals surface area contributed by atoms with Gasteiger partial charge in [0.15, 0.2) is 0 Å². The summed E-state index contributed by atoms with van der Waals surface area (Å²) in [7, 11) is 0. The van der Waals surface area contributed by atoms with Crippen LogP contribution >= 0.6 is 0 Å². The first kappa shape index (κ1) is 23.9. The van der Waals surface area contributed by atoms with Gasteiger partial charge >= 0.3 is 29.6 Å². The van der Waals surface area contributed by atoms with Crippen LogP contribution in [0.4, 0.5) is 0 Å². The van der Waals surface area contributed by atoms with Crippen LogP contribution in [0.3, 0.4) is 0 Å². The van der Waals surface area contributed by atoms with E-state index in [4.69, 9.17) is 14.2 Å². The van der Waals surface area contributed by atoms with Gasteiger partial charge in [-0.05, 0) is 37.8 Å². The van der Waals surface area contributed by atoms with Crippen molar-refractivity contribution in [3.05, 3.63) is 30.3 Å². The topological polar surface area (TPSA) is 27.7 Å². The van der Waals surface area contributed by atoms with Gasteiger partial charge in [0.25, 0.3) is 0 Å². The van der Waals surface area contributed by atoms with Gasteiger partial charge in [0.2, 0.25) is 5.79 Å². The molecule has 1 aromatic carbocycles. The van der Waals surface area contributed by atoms with E-state index in [1.807, 2.05) is 44.2 Å². The fourth-order valence-electron chi connectivity index (χ4n) is 3.24.